The van der Waals surface area contributed by atoms with Crippen LogP contribution in [0.2, 0.25) is 0 Å². The molecule has 10 heavy (non-hydrogen) atoms. The molecule has 1 nitrogen and oxygen atoms in total. The average Bonchev–Trinajstić information content (AvgIpc) is 1.91. The van der Waals surface area contributed by atoms with Crippen LogP contribution < -0.4 is 5.73 Å². The first kappa shape index (κ1) is 12.8. The Bertz CT molecular complexity index is 112. The van der Waals surface area contributed by atoms with Crippen LogP contribution in [0.5, 0.6) is 0 Å². The summed E-state index contributed by atoms with van der Waals surface area (Å²) < 4.78 is 1.30. The lowest BCUT2D eigenvalue weighted by Gasteiger charge is -1.90. The van der Waals surface area contributed by atoms with Gasteiger partial charge in [-0.3, -0.25) is 0 Å². The highest BCUT2D eigenvalue weighted by molar-refractivity contribution is 14.1. The van der Waals surface area contributed by atoms with Gasteiger partial charge in [0.05, 0.1) is 0 Å². The monoisotopic (exact) mass is 253 g/mol. The van der Waals surface area contributed by atoms with E-state index >= 15 is 0 Å². The molecule has 0 aromatic carbocycles. The smallest absolute Gasteiger partial charge is 0.0123 e. The standard InChI is InChI=1S/C7H11I.CH5N/c1-4-6(2)5-7(3)8;1-2/h5H,2,4H2,1,3H3;2H2,1H3/b7-5+;. The number of allylic oxidation sites excluding steroid dienone is 3. The van der Waals surface area contributed by atoms with Gasteiger partial charge < -0.3 is 5.73 Å². The fourth-order valence-electron chi connectivity index (χ4n) is 0.383. The van der Waals surface area contributed by atoms with Crippen molar-refractivity contribution in [3.63, 3.8) is 0 Å². The average molecular weight is 253 g/mol. The van der Waals surface area contributed by atoms with E-state index in [0.29, 0.717) is 0 Å². The van der Waals surface area contributed by atoms with Crippen molar-refractivity contribution in [2.45, 2.75) is 20.3 Å². The first-order chi connectivity index (χ1) is 4.66. The third-order valence-corrected chi connectivity index (χ3v) is 1.17. The van der Waals surface area contributed by atoms with Crippen molar-refractivity contribution in [2.24, 2.45) is 5.73 Å². The summed E-state index contributed by atoms with van der Waals surface area (Å²) in [6.07, 6.45) is 3.15. The second kappa shape index (κ2) is 9.17. The Labute approximate surface area is 77.5 Å². The van der Waals surface area contributed by atoms with Crippen molar-refractivity contribution in [1.29, 1.82) is 0 Å². The molecule has 60 valence electrons. The van der Waals surface area contributed by atoms with Crippen LogP contribution >= 0.6 is 22.6 Å². The van der Waals surface area contributed by atoms with Gasteiger partial charge in [0.1, 0.15) is 0 Å². The van der Waals surface area contributed by atoms with Gasteiger partial charge in [0, 0.05) is 0 Å². The molecule has 0 amide bonds. The summed E-state index contributed by atoms with van der Waals surface area (Å²) in [6.45, 7) is 8.01. The van der Waals surface area contributed by atoms with E-state index < -0.39 is 0 Å². The fourth-order valence-corrected chi connectivity index (χ4v) is 0.824. The number of hydrogen-bond acceptors (Lipinski definition) is 1. The number of hydrogen-bond donors (Lipinski definition) is 1. The van der Waals surface area contributed by atoms with Crippen LogP contribution in [0.25, 0.3) is 0 Å². The second-order valence-corrected chi connectivity index (χ2v) is 3.44. The second-order valence-electron chi connectivity index (χ2n) is 1.74. The zero-order valence-corrected chi connectivity index (χ0v) is 9.10. The van der Waals surface area contributed by atoms with Gasteiger partial charge in [-0.1, -0.05) is 25.2 Å². The van der Waals surface area contributed by atoms with Crippen LogP contribution in [0.15, 0.2) is 21.8 Å². The predicted octanol–water partition coefficient (Wildman–Crippen LogP) is 2.87. The molecule has 0 unspecified atom stereocenters. The van der Waals surface area contributed by atoms with E-state index in [9.17, 15) is 0 Å². The van der Waals surface area contributed by atoms with E-state index in [1.54, 1.807) is 0 Å². The molecule has 0 rings (SSSR count). The third kappa shape index (κ3) is 11.0. The summed E-state index contributed by atoms with van der Waals surface area (Å²) in [5.41, 5.74) is 5.71. The first-order valence-electron chi connectivity index (χ1n) is 3.26. The highest BCUT2D eigenvalue weighted by Gasteiger charge is 1.82. The Balaban J connectivity index is 0. The summed E-state index contributed by atoms with van der Waals surface area (Å²) in [5.74, 6) is 0. The van der Waals surface area contributed by atoms with Gasteiger partial charge in [0.15, 0.2) is 0 Å². The van der Waals surface area contributed by atoms with E-state index in [0.717, 1.165) is 6.42 Å². The fraction of sp³-hybridized carbons (Fsp3) is 0.500. The quantitative estimate of drug-likeness (QED) is 0.594. The molecule has 0 aliphatic carbocycles. The lowest BCUT2D eigenvalue weighted by Crippen LogP contribution is -1.69. The van der Waals surface area contributed by atoms with E-state index in [4.69, 9.17) is 0 Å². The molecule has 0 aliphatic rings. The molecule has 0 heterocycles. The van der Waals surface area contributed by atoms with Gasteiger partial charge in [-0.05, 0) is 46.6 Å². The maximum Gasteiger partial charge on any atom is -0.0123 e. The molecule has 0 fully saturated rings. The lowest BCUT2D eigenvalue weighted by atomic mass is 10.2. The topological polar surface area (TPSA) is 26.0 Å². The SMILES string of the molecule is C=C(/C=C(\C)I)CC.CN. The molecular weight excluding hydrogens is 237 g/mol. The minimum Gasteiger partial charge on any atom is -0.333 e. The van der Waals surface area contributed by atoms with Crippen molar-refractivity contribution < 1.29 is 0 Å². The summed E-state index contributed by atoms with van der Waals surface area (Å²) in [5, 5.41) is 0. The third-order valence-electron chi connectivity index (χ3n) is 0.857. The van der Waals surface area contributed by atoms with Gasteiger partial charge in [0.25, 0.3) is 0 Å². The molecule has 0 aromatic rings. The number of rotatable bonds is 2. The van der Waals surface area contributed by atoms with E-state index in [-0.39, 0.29) is 0 Å². The van der Waals surface area contributed by atoms with Crippen LogP contribution in [-0.4, -0.2) is 7.05 Å². The highest BCUT2D eigenvalue weighted by atomic mass is 127. The highest BCUT2D eigenvalue weighted by Crippen LogP contribution is 2.08. The normalized spacial score (nSPS) is 9.90. The van der Waals surface area contributed by atoms with Gasteiger partial charge in [-0.2, -0.15) is 0 Å². The number of nitrogens with two attached hydrogens (primary N) is 1. The van der Waals surface area contributed by atoms with Crippen LogP contribution in [0.3, 0.4) is 0 Å². The molecule has 0 saturated carbocycles. The Morgan fingerprint density at radius 3 is 2.10 bits per heavy atom. The molecule has 0 bridgehead atoms. The van der Waals surface area contributed by atoms with Crippen molar-refractivity contribution >= 4 is 22.6 Å². The Morgan fingerprint density at radius 1 is 1.60 bits per heavy atom. The molecule has 0 spiro atoms. The van der Waals surface area contributed by atoms with Crippen LogP contribution in [0, 0.1) is 0 Å². The molecule has 0 atom stereocenters. The van der Waals surface area contributed by atoms with E-state index in [2.05, 4.69) is 54.8 Å². The van der Waals surface area contributed by atoms with Crippen molar-refractivity contribution in [1.82, 2.24) is 0 Å². The van der Waals surface area contributed by atoms with Crippen molar-refractivity contribution in [2.75, 3.05) is 7.05 Å². The minimum atomic E-state index is 1.06. The van der Waals surface area contributed by atoms with Crippen LogP contribution in [-0.2, 0) is 0 Å². The zero-order valence-electron chi connectivity index (χ0n) is 6.95. The zero-order chi connectivity index (χ0) is 8.57. The molecule has 0 saturated heterocycles. The Hall–Kier alpha value is 0.170. The molecule has 2 heteroatoms. The summed E-state index contributed by atoms with van der Waals surface area (Å²) in [7, 11) is 1.50. The van der Waals surface area contributed by atoms with Crippen molar-refractivity contribution in [3.05, 3.63) is 21.8 Å². The Morgan fingerprint density at radius 2 is 2.00 bits per heavy atom. The molecule has 0 aromatic heterocycles. The van der Waals surface area contributed by atoms with Crippen molar-refractivity contribution in [3.8, 4) is 0 Å². The summed E-state index contributed by atoms with van der Waals surface area (Å²) >= 11 is 2.28. The molecule has 2 N–H and O–H groups in total. The minimum absolute atomic E-state index is 1.06. The van der Waals surface area contributed by atoms with Gasteiger partial charge >= 0.3 is 0 Å². The summed E-state index contributed by atoms with van der Waals surface area (Å²) in [4.78, 5) is 0. The van der Waals surface area contributed by atoms with E-state index in [1.165, 1.54) is 16.2 Å². The van der Waals surface area contributed by atoms with Crippen LogP contribution in [0.1, 0.15) is 20.3 Å². The number of halogens is 1. The first-order valence-corrected chi connectivity index (χ1v) is 4.34. The lowest BCUT2D eigenvalue weighted by molar-refractivity contribution is 1.16. The van der Waals surface area contributed by atoms with E-state index in [1.807, 2.05) is 0 Å². The summed E-state index contributed by atoms with van der Waals surface area (Å²) in [6, 6.07) is 0. The van der Waals surface area contributed by atoms with Crippen LogP contribution in [0.4, 0.5) is 0 Å². The maximum atomic E-state index is 4.50. The Kier molecular flexibility index (Phi) is 11.7. The molecule has 0 radical (unpaired) electrons. The largest absolute Gasteiger partial charge is 0.333 e. The van der Waals surface area contributed by atoms with Gasteiger partial charge in [0.2, 0.25) is 0 Å². The van der Waals surface area contributed by atoms with Gasteiger partial charge in [-0.25, -0.2) is 0 Å². The maximum absolute atomic E-state index is 4.50. The van der Waals surface area contributed by atoms with Gasteiger partial charge in [-0.15, -0.1) is 0 Å². The predicted molar refractivity (Wildman–Crippen MR) is 57.3 cm³/mol. The molecule has 0 aliphatic heterocycles. The molecular formula is C8H16IN.